The third-order valence-corrected chi connectivity index (χ3v) is 4.70. The molecule has 0 saturated carbocycles. The van der Waals surface area contributed by atoms with Gasteiger partial charge in [-0.1, -0.05) is 11.6 Å². The molecular formula is C13H17ClN2O4S. The van der Waals surface area contributed by atoms with Crippen LogP contribution in [0.15, 0.2) is 34.7 Å². The lowest BCUT2D eigenvalue weighted by atomic mass is 10.1. The van der Waals surface area contributed by atoms with Crippen LogP contribution >= 0.6 is 12.4 Å². The zero-order valence-electron chi connectivity index (χ0n) is 11.3. The number of fused-ring (bicyclic) bond motifs is 1. The number of nitrogens with one attached hydrogen (secondary N) is 2. The second-order valence-electron chi connectivity index (χ2n) is 4.66. The average molecular weight is 333 g/mol. The van der Waals surface area contributed by atoms with Gasteiger partial charge < -0.3 is 14.8 Å². The van der Waals surface area contributed by atoms with Crippen molar-refractivity contribution in [1.82, 2.24) is 10.0 Å². The Balaban J connectivity index is 0.00000161. The Morgan fingerprint density at radius 3 is 2.81 bits per heavy atom. The Bertz CT molecular complexity index is 646. The lowest BCUT2D eigenvalue weighted by Crippen LogP contribution is -2.29. The van der Waals surface area contributed by atoms with E-state index in [1.807, 2.05) is 6.08 Å². The summed E-state index contributed by atoms with van der Waals surface area (Å²) in [5, 5.41) is 3.19. The van der Waals surface area contributed by atoms with Gasteiger partial charge in [0.1, 0.15) is 0 Å². The smallest absolute Gasteiger partial charge is 0.240 e. The maximum Gasteiger partial charge on any atom is 0.240 e. The monoisotopic (exact) mass is 332 g/mol. The van der Waals surface area contributed by atoms with Crippen LogP contribution < -0.4 is 19.5 Å². The van der Waals surface area contributed by atoms with Crippen LogP contribution in [0, 0.1) is 0 Å². The van der Waals surface area contributed by atoms with Gasteiger partial charge in [-0.3, -0.25) is 0 Å². The van der Waals surface area contributed by atoms with E-state index in [2.05, 4.69) is 10.0 Å². The fourth-order valence-electron chi connectivity index (χ4n) is 2.15. The number of ether oxygens (including phenoxy) is 2. The minimum Gasteiger partial charge on any atom is -0.454 e. The van der Waals surface area contributed by atoms with Crippen molar-refractivity contribution in [2.75, 3.05) is 26.4 Å². The van der Waals surface area contributed by atoms with E-state index < -0.39 is 10.0 Å². The molecule has 116 valence electrons. The van der Waals surface area contributed by atoms with E-state index >= 15 is 0 Å². The van der Waals surface area contributed by atoms with Crippen molar-refractivity contribution in [2.24, 2.45) is 0 Å². The standard InChI is InChI=1S/C13H16N2O4S.ClH/c16-20(17,15-8-10-3-5-14-6-4-10)11-1-2-12-13(7-11)19-9-18-12;/h1-3,7,14-15H,4-6,8-9H2;1H. The highest BCUT2D eigenvalue weighted by Crippen LogP contribution is 2.33. The Kier molecular flexibility index (Phi) is 5.10. The first-order chi connectivity index (χ1) is 9.65. The number of rotatable bonds is 4. The first-order valence-electron chi connectivity index (χ1n) is 6.43. The molecule has 0 bridgehead atoms. The molecule has 0 unspecified atom stereocenters. The second-order valence-corrected chi connectivity index (χ2v) is 6.42. The van der Waals surface area contributed by atoms with E-state index in [0.29, 0.717) is 18.0 Å². The minimum absolute atomic E-state index is 0. The molecule has 2 aliphatic rings. The summed E-state index contributed by atoms with van der Waals surface area (Å²) in [6.07, 6.45) is 2.88. The molecular weight excluding hydrogens is 316 g/mol. The van der Waals surface area contributed by atoms with E-state index in [9.17, 15) is 8.42 Å². The van der Waals surface area contributed by atoms with Crippen LogP contribution in [0.25, 0.3) is 0 Å². The number of hydrogen-bond acceptors (Lipinski definition) is 5. The topological polar surface area (TPSA) is 76.7 Å². The molecule has 2 aliphatic heterocycles. The molecule has 21 heavy (non-hydrogen) atoms. The molecule has 0 spiro atoms. The quantitative estimate of drug-likeness (QED) is 0.806. The Morgan fingerprint density at radius 2 is 2.05 bits per heavy atom. The molecule has 3 rings (SSSR count). The molecule has 0 aromatic heterocycles. The van der Waals surface area contributed by atoms with Crippen molar-refractivity contribution >= 4 is 22.4 Å². The Morgan fingerprint density at radius 1 is 1.24 bits per heavy atom. The summed E-state index contributed by atoms with van der Waals surface area (Å²) in [5.41, 5.74) is 1.10. The van der Waals surface area contributed by atoms with Gasteiger partial charge in [-0.25, -0.2) is 13.1 Å². The number of halogens is 1. The molecule has 2 heterocycles. The molecule has 0 aliphatic carbocycles. The predicted molar refractivity (Wildman–Crippen MR) is 80.6 cm³/mol. The first-order valence-corrected chi connectivity index (χ1v) is 7.91. The van der Waals surface area contributed by atoms with Crippen LogP contribution in [-0.4, -0.2) is 34.8 Å². The molecule has 1 aromatic rings. The highest BCUT2D eigenvalue weighted by molar-refractivity contribution is 7.89. The van der Waals surface area contributed by atoms with E-state index in [4.69, 9.17) is 9.47 Å². The summed E-state index contributed by atoms with van der Waals surface area (Å²) in [4.78, 5) is 0.191. The minimum atomic E-state index is -3.53. The fourth-order valence-corrected chi connectivity index (χ4v) is 3.20. The molecule has 0 saturated heterocycles. The van der Waals surface area contributed by atoms with E-state index in [-0.39, 0.29) is 24.1 Å². The summed E-state index contributed by atoms with van der Waals surface area (Å²) in [7, 11) is -3.53. The molecule has 0 amide bonds. The van der Waals surface area contributed by atoms with E-state index in [1.165, 1.54) is 12.1 Å². The summed E-state index contributed by atoms with van der Waals surface area (Å²) in [6, 6.07) is 4.62. The van der Waals surface area contributed by atoms with Gasteiger partial charge in [0.25, 0.3) is 0 Å². The highest BCUT2D eigenvalue weighted by Gasteiger charge is 2.20. The lowest BCUT2D eigenvalue weighted by molar-refractivity contribution is 0.174. The van der Waals surface area contributed by atoms with Gasteiger partial charge in [0.2, 0.25) is 16.8 Å². The van der Waals surface area contributed by atoms with Crippen molar-refractivity contribution in [1.29, 1.82) is 0 Å². The summed E-state index contributed by atoms with van der Waals surface area (Å²) in [5.74, 6) is 1.04. The van der Waals surface area contributed by atoms with Gasteiger partial charge in [-0.2, -0.15) is 0 Å². The van der Waals surface area contributed by atoms with Crippen LogP contribution in [-0.2, 0) is 10.0 Å². The van der Waals surface area contributed by atoms with Crippen molar-refractivity contribution in [2.45, 2.75) is 11.3 Å². The third kappa shape index (κ3) is 3.68. The predicted octanol–water partition coefficient (Wildman–Crippen LogP) is 1.04. The largest absolute Gasteiger partial charge is 0.454 e. The van der Waals surface area contributed by atoms with Crippen molar-refractivity contribution < 1.29 is 17.9 Å². The summed E-state index contributed by atoms with van der Waals surface area (Å²) >= 11 is 0. The highest BCUT2D eigenvalue weighted by atomic mass is 35.5. The van der Waals surface area contributed by atoms with Gasteiger partial charge in [0.05, 0.1) is 4.90 Å². The van der Waals surface area contributed by atoms with Crippen molar-refractivity contribution in [3.05, 3.63) is 29.8 Å². The van der Waals surface area contributed by atoms with Crippen LogP contribution in [0.4, 0.5) is 0 Å². The molecule has 2 N–H and O–H groups in total. The number of benzene rings is 1. The maximum atomic E-state index is 12.2. The molecule has 6 nitrogen and oxygen atoms in total. The van der Waals surface area contributed by atoms with Gasteiger partial charge in [0, 0.05) is 19.2 Å². The first kappa shape index (κ1) is 16.1. The van der Waals surface area contributed by atoms with E-state index in [0.717, 1.165) is 25.1 Å². The SMILES string of the molecule is Cl.O=S(=O)(NCC1=CCNCC1)c1ccc2c(c1)OCO2. The Hall–Kier alpha value is -1.28. The maximum absolute atomic E-state index is 12.2. The summed E-state index contributed by atoms with van der Waals surface area (Å²) < 4.78 is 37.4. The van der Waals surface area contributed by atoms with Gasteiger partial charge in [-0.05, 0) is 25.1 Å². The zero-order valence-corrected chi connectivity index (χ0v) is 12.9. The van der Waals surface area contributed by atoms with Gasteiger partial charge in [0.15, 0.2) is 11.5 Å². The number of hydrogen-bond donors (Lipinski definition) is 2. The van der Waals surface area contributed by atoms with Crippen LogP contribution in [0.1, 0.15) is 6.42 Å². The van der Waals surface area contributed by atoms with Crippen LogP contribution in [0.2, 0.25) is 0 Å². The van der Waals surface area contributed by atoms with Crippen molar-refractivity contribution in [3.63, 3.8) is 0 Å². The fraction of sp³-hybridized carbons (Fsp3) is 0.385. The van der Waals surface area contributed by atoms with Gasteiger partial charge >= 0.3 is 0 Å². The second kappa shape index (κ2) is 6.65. The van der Waals surface area contributed by atoms with E-state index in [1.54, 1.807) is 6.07 Å². The normalized spacial score (nSPS) is 17.0. The molecule has 1 aromatic carbocycles. The van der Waals surface area contributed by atoms with Crippen LogP contribution in [0.5, 0.6) is 11.5 Å². The van der Waals surface area contributed by atoms with Crippen molar-refractivity contribution in [3.8, 4) is 11.5 Å². The number of sulfonamides is 1. The summed E-state index contributed by atoms with van der Waals surface area (Å²) in [6.45, 7) is 2.16. The van der Waals surface area contributed by atoms with Gasteiger partial charge in [-0.15, -0.1) is 12.4 Å². The molecule has 0 fully saturated rings. The average Bonchev–Trinajstić information content (AvgIpc) is 2.94. The zero-order chi connectivity index (χ0) is 14.0. The molecule has 0 radical (unpaired) electrons. The lowest BCUT2D eigenvalue weighted by Gasteiger charge is -2.14. The van der Waals surface area contributed by atoms with Crippen LogP contribution in [0.3, 0.4) is 0 Å². The molecule has 8 heteroatoms. The third-order valence-electron chi connectivity index (χ3n) is 3.30. The molecule has 0 atom stereocenters. The Labute approximate surface area is 130 Å².